The summed E-state index contributed by atoms with van der Waals surface area (Å²) < 4.78 is 5.25. The molecule has 108 valence electrons. The number of likely N-dealkylation sites (tertiary alicyclic amines) is 1. The summed E-state index contributed by atoms with van der Waals surface area (Å²) in [7, 11) is 1.66. The first-order chi connectivity index (χ1) is 9.51. The second-order valence-corrected chi connectivity index (χ2v) is 5.81. The van der Waals surface area contributed by atoms with Crippen LogP contribution in [-0.2, 0) is 9.53 Å². The average molecular weight is 295 g/mol. The minimum atomic E-state index is -0.992. The Morgan fingerprint density at radius 2 is 2.30 bits per heavy atom. The quantitative estimate of drug-likeness (QED) is 0.863. The normalized spacial score (nSPS) is 18.9. The van der Waals surface area contributed by atoms with Crippen molar-refractivity contribution in [1.29, 1.82) is 0 Å². The van der Waals surface area contributed by atoms with Gasteiger partial charge in [-0.25, -0.2) is 4.79 Å². The highest BCUT2D eigenvalue weighted by Gasteiger charge is 2.27. The third-order valence-corrected chi connectivity index (χ3v) is 4.50. The van der Waals surface area contributed by atoms with Crippen molar-refractivity contribution in [2.24, 2.45) is 0 Å². The summed E-state index contributed by atoms with van der Waals surface area (Å²) in [6.07, 6.45) is 3.59. The van der Waals surface area contributed by atoms with Gasteiger partial charge in [-0.15, -0.1) is 11.3 Å². The number of ether oxygens (including phenoxy) is 1. The first-order valence-corrected chi connectivity index (χ1v) is 7.16. The van der Waals surface area contributed by atoms with Gasteiger partial charge in [0.1, 0.15) is 0 Å². The maximum absolute atomic E-state index is 12.4. The van der Waals surface area contributed by atoms with E-state index >= 15 is 0 Å². The van der Waals surface area contributed by atoms with Gasteiger partial charge in [0.2, 0.25) is 0 Å². The smallest absolute Gasteiger partial charge is 0.328 e. The molecule has 1 fully saturated rings. The molecule has 0 spiro atoms. The Labute approximate surface area is 121 Å². The predicted octanol–water partition coefficient (Wildman–Crippen LogP) is 2.02. The highest BCUT2D eigenvalue weighted by molar-refractivity contribution is 7.15. The van der Waals surface area contributed by atoms with Gasteiger partial charge >= 0.3 is 5.97 Å². The SMILES string of the molecule is COC1CCN(C(=O)c2cc(C)c(/C=C/C(=O)O)s2)C1. The van der Waals surface area contributed by atoms with Gasteiger partial charge in [-0.3, -0.25) is 4.79 Å². The number of carboxylic acid groups (broad SMARTS) is 1. The largest absolute Gasteiger partial charge is 0.478 e. The number of aryl methyl sites for hydroxylation is 1. The predicted molar refractivity (Wildman–Crippen MR) is 77.0 cm³/mol. The molecule has 2 heterocycles. The number of thiophene rings is 1. The van der Waals surface area contributed by atoms with E-state index in [1.807, 2.05) is 13.0 Å². The van der Waals surface area contributed by atoms with Gasteiger partial charge in [-0.1, -0.05) is 0 Å². The van der Waals surface area contributed by atoms with Gasteiger partial charge in [0, 0.05) is 31.2 Å². The molecule has 0 bridgehead atoms. The minimum absolute atomic E-state index is 0.00683. The van der Waals surface area contributed by atoms with E-state index in [-0.39, 0.29) is 12.0 Å². The number of hydrogen-bond donors (Lipinski definition) is 1. The first kappa shape index (κ1) is 14.7. The minimum Gasteiger partial charge on any atom is -0.478 e. The number of carbonyl (C=O) groups is 2. The maximum Gasteiger partial charge on any atom is 0.328 e. The summed E-state index contributed by atoms with van der Waals surface area (Å²) in [5, 5.41) is 8.64. The van der Waals surface area contributed by atoms with Crippen LogP contribution in [0.2, 0.25) is 0 Å². The number of amides is 1. The third kappa shape index (κ3) is 3.26. The Morgan fingerprint density at radius 1 is 1.55 bits per heavy atom. The van der Waals surface area contributed by atoms with E-state index in [0.29, 0.717) is 18.0 Å². The summed E-state index contributed by atoms with van der Waals surface area (Å²) in [4.78, 5) is 26.1. The molecule has 1 amide bonds. The van der Waals surface area contributed by atoms with Crippen molar-refractivity contribution in [3.63, 3.8) is 0 Å². The van der Waals surface area contributed by atoms with Crippen LogP contribution in [0.4, 0.5) is 0 Å². The molecule has 6 heteroatoms. The van der Waals surface area contributed by atoms with Crippen molar-refractivity contribution in [2.45, 2.75) is 19.4 Å². The van der Waals surface area contributed by atoms with E-state index in [0.717, 1.165) is 22.9 Å². The number of nitrogens with zero attached hydrogens (tertiary/aromatic N) is 1. The number of aliphatic carboxylic acids is 1. The van der Waals surface area contributed by atoms with E-state index in [4.69, 9.17) is 9.84 Å². The molecule has 1 atom stereocenters. The van der Waals surface area contributed by atoms with Gasteiger partial charge < -0.3 is 14.7 Å². The number of hydrogen-bond acceptors (Lipinski definition) is 4. The van der Waals surface area contributed by atoms with Crippen LogP contribution < -0.4 is 0 Å². The molecule has 0 radical (unpaired) electrons. The molecule has 5 nitrogen and oxygen atoms in total. The molecule has 0 aromatic carbocycles. The highest BCUT2D eigenvalue weighted by atomic mass is 32.1. The lowest BCUT2D eigenvalue weighted by atomic mass is 10.2. The van der Waals surface area contributed by atoms with Crippen molar-refractivity contribution in [3.8, 4) is 0 Å². The van der Waals surface area contributed by atoms with Crippen molar-refractivity contribution in [3.05, 3.63) is 27.5 Å². The number of methoxy groups -OCH3 is 1. The average Bonchev–Trinajstić information content (AvgIpc) is 3.02. The number of rotatable bonds is 4. The molecule has 0 aliphatic carbocycles. The summed E-state index contributed by atoms with van der Waals surface area (Å²) in [6, 6.07) is 1.81. The fourth-order valence-corrected chi connectivity index (χ4v) is 3.22. The molecule has 1 aliphatic heterocycles. The van der Waals surface area contributed by atoms with Crippen LogP contribution in [0.1, 0.15) is 26.5 Å². The van der Waals surface area contributed by atoms with E-state index in [1.165, 1.54) is 17.4 Å². The molecule has 0 saturated carbocycles. The highest BCUT2D eigenvalue weighted by Crippen LogP contribution is 2.26. The fourth-order valence-electron chi connectivity index (χ4n) is 2.17. The molecule has 2 rings (SSSR count). The lowest BCUT2D eigenvalue weighted by Gasteiger charge is -2.14. The lowest BCUT2D eigenvalue weighted by molar-refractivity contribution is -0.131. The summed E-state index contributed by atoms with van der Waals surface area (Å²) >= 11 is 1.32. The molecular weight excluding hydrogens is 278 g/mol. The molecule has 1 aromatic heterocycles. The van der Waals surface area contributed by atoms with Gasteiger partial charge in [0.15, 0.2) is 0 Å². The van der Waals surface area contributed by atoms with Crippen molar-refractivity contribution >= 4 is 29.3 Å². The Bertz CT molecular complexity index is 549. The zero-order valence-electron chi connectivity index (χ0n) is 11.5. The van der Waals surface area contributed by atoms with Crippen molar-refractivity contribution in [1.82, 2.24) is 4.90 Å². The van der Waals surface area contributed by atoms with E-state index in [9.17, 15) is 9.59 Å². The summed E-state index contributed by atoms with van der Waals surface area (Å²) in [6.45, 7) is 3.19. The van der Waals surface area contributed by atoms with Crippen molar-refractivity contribution < 1.29 is 19.4 Å². The van der Waals surface area contributed by atoms with Crippen LogP contribution in [0, 0.1) is 6.92 Å². The van der Waals surface area contributed by atoms with Gasteiger partial charge in [0.25, 0.3) is 5.91 Å². The van der Waals surface area contributed by atoms with Gasteiger partial charge in [-0.2, -0.15) is 0 Å². The number of carboxylic acids is 1. The standard InChI is InChI=1S/C14H17NO4S/c1-9-7-12(20-11(9)3-4-13(16)17)14(18)15-6-5-10(8-15)19-2/h3-4,7,10H,5-6,8H2,1-2H3,(H,16,17)/b4-3+. The summed E-state index contributed by atoms with van der Waals surface area (Å²) in [5.41, 5.74) is 0.915. The second kappa shape index (κ2) is 6.19. The summed E-state index contributed by atoms with van der Waals surface area (Å²) in [5.74, 6) is -0.999. The van der Waals surface area contributed by atoms with E-state index in [1.54, 1.807) is 12.0 Å². The fraction of sp³-hybridized carbons (Fsp3) is 0.429. The van der Waals surface area contributed by atoms with E-state index < -0.39 is 5.97 Å². The van der Waals surface area contributed by atoms with Gasteiger partial charge in [-0.05, 0) is 31.1 Å². The zero-order chi connectivity index (χ0) is 14.7. The first-order valence-electron chi connectivity index (χ1n) is 6.34. The Balaban J connectivity index is 2.11. The monoisotopic (exact) mass is 295 g/mol. The van der Waals surface area contributed by atoms with E-state index in [2.05, 4.69) is 0 Å². The topological polar surface area (TPSA) is 66.8 Å². The maximum atomic E-state index is 12.4. The lowest BCUT2D eigenvalue weighted by Crippen LogP contribution is -2.29. The Morgan fingerprint density at radius 3 is 2.90 bits per heavy atom. The van der Waals surface area contributed by atoms with Crippen LogP contribution in [0.5, 0.6) is 0 Å². The molecule has 1 aliphatic rings. The Hall–Kier alpha value is -1.66. The Kier molecular flexibility index (Phi) is 4.57. The van der Waals surface area contributed by atoms with Crippen molar-refractivity contribution in [2.75, 3.05) is 20.2 Å². The third-order valence-electron chi connectivity index (χ3n) is 3.31. The van der Waals surface area contributed by atoms with Gasteiger partial charge in [0.05, 0.1) is 11.0 Å². The number of carbonyl (C=O) groups excluding carboxylic acids is 1. The van der Waals surface area contributed by atoms with Crippen LogP contribution in [0.3, 0.4) is 0 Å². The van der Waals surface area contributed by atoms with Crippen LogP contribution in [0.15, 0.2) is 12.1 Å². The molecule has 1 N–H and O–H groups in total. The molecule has 20 heavy (non-hydrogen) atoms. The molecular formula is C14H17NO4S. The van der Waals surface area contributed by atoms with Crippen LogP contribution in [0.25, 0.3) is 6.08 Å². The molecule has 1 saturated heterocycles. The zero-order valence-corrected chi connectivity index (χ0v) is 12.3. The van der Waals surface area contributed by atoms with Crippen LogP contribution in [-0.4, -0.2) is 48.2 Å². The molecule has 1 unspecified atom stereocenters. The second-order valence-electron chi connectivity index (χ2n) is 4.73. The van der Waals surface area contributed by atoms with Crippen LogP contribution >= 0.6 is 11.3 Å². The molecule has 1 aromatic rings.